The highest BCUT2D eigenvalue weighted by Crippen LogP contribution is 2.30. The number of alkyl halides is 1. The second kappa shape index (κ2) is 5.07. The third-order valence-corrected chi connectivity index (χ3v) is 3.95. The zero-order chi connectivity index (χ0) is 12.4. The topological polar surface area (TPSA) is 44.1 Å². The molecule has 1 aliphatic heterocycles. The molecule has 0 N–H and O–H groups in total. The quantitative estimate of drug-likeness (QED) is 0.788. The Balaban J connectivity index is 2.37. The first kappa shape index (κ1) is 12.4. The van der Waals surface area contributed by atoms with E-state index in [0.717, 1.165) is 5.33 Å². The van der Waals surface area contributed by atoms with Gasteiger partial charge in [-0.25, -0.2) is 0 Å². The molecule has 5 heteroatoms. The fourth-order valence-corrected chi connectivity index (χ4v) is 2.54. The van der Waals surface area contributed by atoms with Crippen LogP contribution in [-0.2, 0) is 4.79 Å². The summed E-state index contributed by atoms with van der Waals surface area (Å²) in [5, 5.41) is 10.4. The van der Waals surface area contributed by atoms with E-state index in [0.29, 0.717) is 35.2 Å². The van der Waals surface area contributed by atoms with Gasteiger partial charge in [0.1, 0.15) is 6.07 Å². The molecule has 0 aromatic heterocycles. The maximum Gasteiger partial charge on any atom is 0.227 e. The summed E-state index contributed by atoms with van der Waals surface area (Å²) in [6.45, 7) is 0.638. The van der Waals surface area contributed by atoms with Gasteiger partial charge < -0.3 is 4.90 Å². The molecule has 3 nitrogen and oxygen atoms in total. The van der Waals surface area contributed by atoms with Crippen LogP contribution in [0.4, 0.5) is 5.69 Å². The molecule has 1 fully saturated rings. The lowest BCUT2D eigenvalue weighted by atomic mass is 10.1. The average Bonchev–Trinajstić information content (AvgIpc) is 2.70. The van der Waals surface area contributed by atoms with Gasteiger partial charge in [-0.05, 0) is 24.1 Å². The number of carbonyl (C=O) groups is 1. The molecule has 17 heavy (non-hydrogen) atoms. The molecule has 0 bridgehead atoms. The molecule has 1 aliphatic rings. The van der Waals surface area contributed by atoms with Crippen LogP contribution in [0.5, 0.6) is 0 Å². The Hall–Kier alpha value is -1.05. The summed E-state index contributed by atoms with van der Waals surface area (Å²) in [6.07, 6.45) is 0.516. The van der Waals surface area contributed by atoms with Crippen LogP contribution >= 0.6 is 27.5 Å². The Morgan fingerprint density at radius 3 is 2.94 bits per heavy atom. The molecule has 88 valence electrons. The number of hydrogen-bond donors (Lipinski definition) is 0. The molecule has 1 heterocycles. The van der Waals surface area contributed by atoms with Gasteiger partial charge in [0.15, 0.2) is 0 Å². The van der Waals surface area contributed by atoms with Crippen LogP contribution in [-0.4, -0.2) is 17.8 Å². The van der Waals surface area contributed by atoms with Crippen molar-refractivity contribution in [2.24, 2.45) is 5.92 Å². The standard InChI is InChI=1S/C12H10BrClN2O/c13-5-8-3-12(17)16(7-8)11-4-10(14)2-1-9(11)6-15/h1-2,4,8H,3,5,7H2. The highest BCUT2D eigenvalue weighted by molar-refractivity contribution is 9.09. The van der Waals surface area contributed by atoms with Gasteiger partial charge in [-0.1, -0.05) is 27.5 Å². The van der Waals surface area contributed by atoms with E-state index < -0.39 is 0 Å². The van der Waals surface area contributed by atoms with Crippen molar-refractivity contribution < 1.29 is 4.79 Å². The Bertz CT molecular complexity index is 498. The van der Waals surface area contributed by atoms with Crippen LogP contribution in [0.2, 0.25) is 5.02 Å². The Labute approximate surface area is 113 Å². The van der Waals surface area contributed by atoms with Crippen molar-refractivity contribution in [1.29, 1.82) is 5.26 Å². The van der Waals surface area contributed by atoms with Crippen molar-refractivity contribution in [2.75, 3.05) is 16.8 Å². The van der Waals surface area contributed by atoms with Gasteiger partial charge in [-0.15, -0.1) is 0 Å². The van der Waals surface area contributed by atoms with E-state index >= 15 is 0 Å². The SMILES string of the molecule is N#Cc1ccc(Cl)cc1N1CC(CBr)CC1=O. The van der Waals surface area contributed by atoms with Gasteiger partial charge in [0.25, 0.3) is 0 Å². The first-order valence-electron chi connectivity index (χ1n) is 5.21. The van der Waals surface area contributed by atoms with Crippen molar-refractivity contribution in [3.8, 4) is 6.07 Å². The van der Waals surface area contributed by atoms with E-state index in [2.05, 4.69) is 22.0 Å². The number of hydrogen-bond acceptors (Lipinski definition) is 2. The number of anilines is 1. The van der Waals surface area contributed by atoms with E-state index in [-0.39, 0.29) is 5.91 Å². The van der Waals surface area contributed by atoms with Gasteiger partial charge in [-0.3, -0.25) is 4.79 Å². The number of nitriles is 1. The number of halogens is 2. The lowest BCUT2D eigenvalue weighted by Gasteiger charge is -2.18. The smallest absolute Gasteiger partial charge is 0.227 e. The molecule has 1 atom stereocenters. The largest absolute Gasteiger partial charge is 0.311 e. The van der Waals surface area contributed by atoms with Crippen molar-refractivity contribution in [3.63, 3.8) is 0 Å². The maximum absolute atomic E-state index is 11.9. The third kappa shape index (κ3) is 2.46. The summed E-state index contributed by atoms with van der Waals surface area (Å²) in [6, 6.07) is 7.07. The van der Waals surface area contributed by atoms with Crippen LogP contribution in [0, 0.1) is 17.2 Å². The summed E-state index contributed by atoms with van der Waals surface area (Å²) in [4.78, 5) is 13.5. The first-order valence-corrected chi connectivity index (χ1v) is 6.71. The summed E-state index contributed by atoms with van der Waals surface area (Å²) < 4.78 is 0. The van der Waals surface area contributed by atoms with E-state index in [1.165, 1.54) is 0 Å². The van der Waals surface area contributed by atoms with E-state index in [4.69, 9.17) is 16.9 Å². The summed E-state index contributed by atoms with van der Waals surface area (Å²) in [7, 11) is 0. The van der Waals surface area contributed by atoms with Crippen LogP contribution < -0.4 is 4.90 Å². The van der Waals surface area contributed by atoms with Gasteiger partial charge >= 0.3 is 0 Å². The molecule has 2 rings (SSSR count). The molecule has 1 aromatic rings. The van der Waals surface area contributed by atoms with Gasteiger partial charge in [0.2, 0.25) is 5.91 Å². The molecule has 0 radical (unpaired) electrons. The van der Waals surface area contributed by atoms with Crippen LogP contribution in [0.15, 0.2) is 18.2 Å². The van der Waals surface area contributed by atoms with Gasteiger partial charge in [0, 0.05) is 23.3 Å². The highest BCUT2D eigenvalue weighted by atomic mass is 79.9. The van der Waals surface area contributed by atoms with Crippen LogP contribution in [0.3, 0.4) is 0 Å². The molecule has 0 spiro atoms. The lowest BCUT2D eigenvalue weighted by molar-refractivity contribution is -0.117. The molecule has 1 saturated heterocycles. The molecule has 1 aromatic carbocycles. The minimum absolute atomic E-state index is 0.0493. The van der Waals surface area contributed by atoms with E-state index in [1.807, 2.05) is 0 Å². The zero-order valence-corrected chi connectivity index (χ0v) is 11.3. The molecule has 0 saturated carbocycles. The van der Waals surface area contributed by atoms with Crippen molar-refractivity contribution in [3.05, 3.63) is 28.8 Å². The normalized spacial score (nSPS) is 19.5. The number of nitrogens with zero attached hydrogens (tertiary/aromatic N) is 2. The molecule has 1 amide bonds. The van der Waals surface area contributed by atoms with Gasteiger partial charge in [0.05, 0.1) is 11.3 Å². The van der Waals surface area contributed by atoms with Crippen molar-refractivity contribution >= 4 is 39.1 Å². The number of rotatable bonds is 2. The van der Waals surface area contributed by atoms with Crippen LogP contribution in [0.25, 0.3) is 0 Å². The minimum Gasteiger partial charge on any atom is -0.311 e. The third-order valence-electron chi connectivity index (χ3n) is 2.79. The maximum atomic E-state index is 11.9. The predicted octanol–water partition coefficient (Wildman–Crippen LogP) is 2.96. The Morgan fingerprint density at radius 1 is 1.59 bits per heavy atom. The van der Waals surface area contributed by atoms with Crippen molar-refractivity contribution in [2.45, 2.75) is 6.42 Å². The second-order valence-electron chi connectivity index (χ2n) is 4.00. The van der Waals surface area contributed by atoms with E-state index in [9.17, 15) is 4.79 Å². The highest BCUT2D eigenvalue weighted by Gasteiger charge is 2.31. The fraction of sp³-hybridized carbons (Fsp3) is 0.333. The molecule has 0 aliphatic carbocycles. The van der Waals surface area contributed by atoms with Gasteiger partial charge in [-0.2, -0.15) is 5.26 Å². The first-order chi connectivity index (χ1) is 8.15. The summed E-state index contributed by atoms with van der Waals surface area (Å²) in [5.74, 6) is 0.348. The molecule has 1 unspecified atom stereocenters. The number of carbonyl (C=O) groups excluding carboxylic acids is 1. The lowest BCUT2D eigenvalue weighted by Crippen LogP contribution is -2.25. The number of amides is 1. The summed E-state index contributed by atoms with van der Waals surface area (Å²) >= 11 is 9.30. The minimum atomic E-state index is 0.0493. The zero-order valence-electron chi connectivity index (χ0n) is 8.99. The molecular formula is C12H10BrClN2O. The fourth-order valence-electron chi connectivity index (χ4n) is 1.94. The molecular weight excluding hydrogens is 304 g/mol. The summed E-state index contributed by atoms with van der Waals surface area (Å²) in [5.41, 5.74) is 1.10. The number of benzene rings is 1. The Kier molecular flexibility index (Phi) is 3.70. The van der Waals surface area contributed by atoms with Crippen molar-refractivity contribution in [1.82, 2.24) is 0 Å². The van der Waals surface area contributed by atoms with E-state index in [1.54, 1.807) is 23.1 Å². The predicted molar refractivity (Wildman–Crippen MR) is 70.4 cm³/mol. The monoisotopic (exact) mass is 312 g/mol. The average molecular weight is 314 g/mol. The Morgan fingerprint density at radius 2 is 2.35 bits per heavy atom. The second-order valence-corrected chi connectivity index (χ2v) is 5.09. The van der Waals surface area contributed by atoms with Crippen LogP contribution in [0.1, 0.15) is 12.0 Å².